The number of hydrogen-bond acceptors (Lipinski definition) is 5. The van der Waals surface area contributed by atoms with Crippen LogP contribution in [0.15, 0.2) is 28.8 Å². The molecule has 6 heteroatoms. The van der Waals surface area contributed by atoms with Gasteiger partial charge in [0.1, 0.15) is 6.04 Å². The number of nitrogens with zero attached hydrogens (tertiary/aromatic N) is 2. The third-order valence-corrected chi connectivity index (χ3v) is 4.05. The highest BCUT2D eigenvalue weighted by Gasteiger charge is 2.23. The summed E-state index contributed by atoms with van der Waals surface area (Å²) in [5.74, 6) is 1.33. The molecule has 0 aliphatic heterocycles. The van der Waals surface area contributed by atoms with E-state index >= 15 is 0 Å². The zero-order valence-electron chi connectivity index (χ0n) is 14.2. The number of aryl methyl sites for hydroxylation is 1. The van der Waals surface area contributed by atoms with Gasteiger partial charge >= 0.3 is 0 Å². The Kier molecular flexibility index (Phi) is 5.13. The molecule has 1 aliphatic rings. The number of anilines is 1. The van der Waals surface area contributed by atoms with Crippen molar-refractivity contribution < 1.29 is 9.32 Å². The second-order valence-corrected chi connectivity index (χ2v) is 6.34. The average Bonchev–Trinajstić information content (AvgIpc) is 3.27. The molecule has 1 aliphatic carbocycles. The van der Waals surface area contributed by atoms with Gasteiger partial charge in [0, 0.05) is 23.7 Å². The summed E-state index contributed by atoms with van der Waals surface area (Å²) < 4.78 is 5.32. The molecule has 24 heavy (non-hydrogen) atoms. The first-order valence-electron chi connectivity index (χ1n) is 8.65. The van der Waals surface area contributed by atoms with Crippen LogP contribution in [0.3, 0.4) is 0 Å². The number of hydrogen-bond donors (Lipinski definition) is 2. The van der Waals surface area contributed by atoms with Crippen LogP contribution in [0.5, 0.6) is 0 Å². The fourth-order valence-electron chi connectivity index (χ4n) is 2.41. The van der Waals surface area contributed by atoms with Gasteiger partial charge in [-0.05, 0) is 50.5 Å². The second-order valence-electron chi connectivity index (χ2n) is 6.34. The van der Waals surface area contributed by atoms with Crippen molar-refractivity contribution in [3.05, 3.63) is 41.5 Å². The minimum absolute atomic E-state index is 0.00503. The van der Waals surface area contributed by atoms with Crippen molar-refractivity contribution >= 4 is 11.6 Å². The first-order chi connectivity index (χ1) is 11.7. The molecule has 1 atom stereocenters. The predicted octanol–water partition coefficient (Wildman–Crippen LogP) is 3.48. The van der Waals surface area contributed by atoms with Crippen molar-refractivity contribution in [2.24, 2.45) is 0 Å². The summed E-state index contributed by atoms with van der Waals surface area (Å²) in [6.45, 7) is 4.12. The lowest BCUT2D eigenvalue weighted by atomic mass is 10.2. The van der Waals surface area contributed by atoms with E-state index in [-0.39, 0.29) is 11.9 Å². The van der Waals surface area contributed by atoms with Gasteiger partial charge in [0.05, 0.1) is 0 Å². The summed E-state index contributed by atoms with van der Waals surface area (Å²) in [6.07, 6.45) is 5.20. The molecule has 6 nitrogen and oxygen atoms in total. The van der Waals surface area contributed by atoms with E-state index in [1.807, 2.05) is 31.2 Å². The molecule has 128 valence electrons. The van der Waals surface area contributed by atoms with Crippen LogP contribution in [-0.4, -0.2) is 22.1 Å². The molecule has 1 unspecified atom stereocenters. The minimum atomic E-state index is -0.0842. The van der Waals surface area contributed by atoms with Gasteiger partial charge in [0.15, 0.2) is 5.82 Å². The third kappa shape index (κ3) is 4.34. The Labute approximate surface area is 142 Å². The van der Waals surface area contributed by atoms with Gasteiger partial charge in [-0.15, -0.1) is 0 Å². The Hall–Kier alpha value is -2.37. The third-order valence-electron chi connectivity index (χ3n) is 4.05. The van der Waals surface area contributed by atoms with Gasteiger partial charge in [0.25, 0.3) is 5.91 Å². The number of carbonyl (C=O) groups is 1. The summed E-state index contributed by atoms with van der Waals surface area (Å²) in [6, 6.07) is 7.73. The van der Waals surface area contributed by atoms with E-state index in [1.54, 1.807) is 0 Å². The monoisotopic (exact) mass is 328 g/mol. The van der Waals surface area contributed by atoms with Crippen LogP contribution in [-0.2, 0) is 6.42 Å². The van der Waals surface area contributed by atoms with Gasteiger partial charge in [0.2, 0.25) is 5.89 Å². The Bertz CT molecular complexity index is 677. The molecule has 2 N–H and O–H groups in total. The zero-order chi connectivity index (χ0) is 16.9. The number of amides is 1. The summed E-state index contributed by atoms with van der Waals surface area (Å²) >= 11 is 0. The van der Waals surface area contributed by atoms with E-state index in [9.17, 15) is 4.79 Å². The zero-order valence-corrected chi connectivity index (χ0v) is 14.2. The van der Waals surface area contributed by atoms with Crippen LogP contribution in [0.4, 0.5) is 5.69 Å². The van der Waals surface area contributed by atoms with Crippen LogP contribution in [0.25, 0.3) is 0 Å². The molecular weight excluding hydrogens is 304 g/mol. The van der Waals surface area contributed by atoms with E-state index < -0.39 is 0 Å². The first-order valence-corrected chi connectivity index (χ1v) is 8.65. The van der Waals surface area contributed by atoms with Crippen molar-refractivity contribution in [2.75, 3.05) is 5.32 Å². The highest BCUT2D eigenvalue weighted by molar-refractivity contribution is 5.94. The number of carbonyl (C=O) groups excluding carboxylic acids is 1. The molecule has 1 fully saturated rings. The quantitative estimate of drug-likeness (QED) is 0.775. The van der Waals surface area contributed by atoms with Gasteiger partial charge < -0.3 is 15.2 Å². The second kappa shape index (κ2) is 7.47. The molecule has 1 amide bonds. The summed E-state index contributed by atoms with van der Waals surface area (Å²) in [5, 5.41) is 10.3. The molecule has 1 aromatic carbocycles. The lowest BCUT2D eigenvalue weighted by Crippen LogP contribution is -2.25. The van der Waals surface area contributed by atoms with Crippen molar-refractivity contribution in [1.82, 2.24) is 15.5 Å². The maximum absolute atomic E-state index is 12.0. The first kappa shape index (κ1) is 16.5. The fraction of sp³-hybridized carbons (Fsp3) is 0.500. The number of rotatable bonds is 8. The molecular formula is C18H24N4O2. The van der Waals surface area contributed by atoms with E-state index in [0.29, 0.717) is 17.5 Å². The number of unbranched alkanes of at least 4 members (excludes halogenated alkanes) is 1. The number of benzene rings is 1. The van der Waals surface area contributed by atoms with E-state index in [4.69, 9.17) is 4.52 Å². The van der Waals surface area contributed by atoms with Crippen molar-refractivity contribution in [3.8, 4) is 0 Å². The normalized spacial score (nSPS) is 15.1. The Morgan fingerprint density at radius 1 is 1.33 bits per heavy atom. The SMILES string of the molecule is CCCCc1noc(C(C)Nc2ccc(C(=O)NC3CC3)cc2)n1. The Balaban J connectivity index is 1.56. The molecule has 2 aromatic rings. The van der Waals surface area contributed by atoms with Crippen LogP contribution >= 0.6 is 0 Å². The summed E-state index contributed by atoms with van der Waals surface area (Å²) in [5.41, 5.74) is 1.60. The van der Waals surface area contributed by atoms with Crippen molar-refractivity contribution in [2.45, 2.75) is 58.0 Å². The number of nitrogens with one attached hydrogen (secondary N) is 2. The predicted molar refractivity (Wildman–Crippen MR) is 91.9 cm³/mol. The van der Waals surface area contributed by atoms with Crippen molar-refractivity contribution in [1.29, 1.82) is 0 Å². The van der Waals surface area contributed by atoms with E-state index in [2.05, 4.69) is 27.7 Å². The maximum Gasteiger partial charge on any atom is 0.251 e. The Morgan fingerprint density at radius 3 is 2.75 bits per heavy atom. The molecule has 0 bridgehead atoms. The van der Waals surface area contributed by atoms with E-state index in [1.165, 1.54) is 0 Å². The highest BCUT2D eigenvalue weighted by atomic mass is 16.5. The smallest absolute Gasteiger partial charge is 0.251 e. The van der Waals surface area contributed by atoms with Crippen molar-refractivity contribution in [3.63, 3.8) is 0 Å². The highest BCUT2D eigenvalue weighted by Crippen LogP contribution is 2.21. The van der Waals surface area contributed by atoms with Gasteiger partial charge in [-0.3, -0.25) is 4.79 Å². The Morgan fingerprint density at radius 2 is 2.08 bits per heavy atom. The molecule has 0 saturated heterocycles. The minimum Gasteiger partial charge on any atom is -0.374 e. The molecule has 3 rings (SSSR count). The topological polar surface area (TPSA) is 80.0 Å². The van der Waals surface area contributed by atoms with E-state index in [0.717, 1.165) is 43.6 Å². The number of aromatic nitrogens is 2. The lowest BCUT2D eigenvalue weighted by Gasteiger charge is -2.11. The van der Waals surface area contributed by atoms with Crippen LogP contribution in [0.2, 0.25) is 0 Å². The van der Waals surface area contributed by atoms with Crippen LogP contribution in [0.1, 0.15) is 67.6 Å². The summed E-state index contributed by atoms with van der Waals surface area (Å²) in [4.78, 5) is 16.4. The molecule has 0 radical (unpaired) electrons. The van der Waals surface area contributed by atoms with Crippen LogP contribution in [0, 0.1) is 0 Å². The van der Waals surface area contributed by atoms with Gasteiger partial charge in [-0.1, -0.05) is 18.5 Å². The molecule has 0 spiro atoms. The average molecular weight is 328 g/mol. The van der Waals surface area contributed by atoms with Crippen LogP contribution < -0.4 is 10.6 Å². The largest absolute Gasteiger partial charge is 0.374 e. The maximum atomic E-state index is 12.0. The summed E-state index contributed by atoms with van der Waals surface area (Å²) in [7, 11) is 0. The molecule has 1 heterocycles. The lowest BCUT2D eigenvalue weighted by molar-refractivity contribution is 0.0951. The molecule has 1 aromatic heterocycles. The van der Waals surface area contributed by atoms with Gasteiger partial charge in [-0.25, -0.2) is 0 Å². The fourth-order valence-corrected chi connectivity index (χ4v) is 2.41. The van der Waals surface area contributed by atoms with Gasteiger partial charge in [-0.2, -0.15) is 4.98 Å². The standard InChI is InChI=1S/C18H24N4O2/c1-3-4-5-16-21-18(24-22-16)12(2)19-14-8-6-13(7-9-14)17(23)20-15-10-11-15/h6-9,12,15,19H,3-5,10-11H2,1-2H3,(H,20,23). The molecule has 1 saturated carbocycles.